The van der Waals surface area contributed by atoms with Crippen molar-refractivity contribution in [2.45, 2.75) is 32.4 Å². The van der Waals surface area contributed by atoms with Crippen LogP contribution in [0.3, 0.4) is 0 Å². The SMILES string of the molecule is CN=C(NCCCOC1CCOC1)NCc1coc(-c2ccc(C)cc2)n1. The minimum atomic E-state index is 0.261. The van der Waals surface area contributed by atoms with E-state index in [0.717, 1.165) is 56.4 Å². The summed E-state index contributed by atoms with van der Waals surface area (Å²) in [4.78, 5) is 8.75. The van der Waals surface area contributed by atoms with E-state index in [2.05, 4.69) is 27.5 Å². The Morgan fingerprint density at radius 2 is 2.15 bits per heavy atom. The molecule has 0 saturated carbocycles. The fourth-order valence-corrected chi connectivity index (χ4v) is 2.79. The largest absolute Gasteiger partial charge is 0.444 e. The predicted molar refractivity (Wildman–Crippen MR) is 105 cm³/mol. The summed E-state index contributed by atoms with van der Waals surface area (Å²) in [7, 11) is 1.75. The molecule has 1 aliphatic heterocycles. The molecule has 1 fully saturated rings. The van der Waals surface area contributed by atoms with Gasteiger partial charge in [-0.25, -0.2) is 4.98 Å². The number of ether oxygens (including phenoxy) is 2. The molecule has 7 nitrogen and oxygen atoms in total. The third-order valence-electron chi connectivity index (χ3n) is 4.37. The maximum absolute atomic E-state index is 5.75. The number of oxazole rings is 1. The van der Waals surface area contributed by atoms with Crippen molar-refractivity contribution in [2.24, 2.45) is 4.99 Å². The summed E-state index contributed by atoms with van der Waals surface area (Å²) in [6.07, 6.45) is 3.85. The lowest BCUT2D eigenvalue weighted by atomic mass is 10.1. The predicted octanol–water partition coefficient (Wildman–Crippen LogP) is 2.51. The van der Waals surface area contributed by atoms with Crippen molar-refractivity contribution in [1.29, 1.82) is 0 Å². The van der Waals surface area contributed by atoms with E-state index in [1.807, 2.05) is 24.3 Å². The number of guanidine groups is 1. The topological polar surface area (TPSA) is 80.9 Å². The molecule has 1 aromatic heterocycles. The first-order valence-electron chi connectivity index (χ1n) is 9.40. The number of rotatable bonds is 8. The molecule has 1 unspecified atom stereocenters. The van der Waals surface area contributed by atoms with Crippen LogP contribution in [-0.2, 0) is 16.0 Å². The van der Waals surface area contributed by atoms with Gasteiger partial charge in [-0.3, -0.25) is 4.99 Å². The van der Waals surface area contributed by atoms with Gasteiger partial charge in [-0.15, -0.1) is 0 Å². The van der Waals surface area contributed by atoms with Crippen LogP contribution < -0.4 is 10.6 Å². The average Bonchev–Trinajstić information content (AvgIpc) is 3.36. The Bertz CT molecular complexity index is 721. The first-order chi connectivity index (χ1) is 13.2. The molecule has 0 spiro atoms. The number of benzene rings is 1. The first-order valence-corrected chi connectivity index (χ1v) is 9.40. The molecule has 0 amide bonds. The summed E-state index contributed by atoms with van der Waals surface area (Å²) in [6.45, 7) is 5.65. The van der Waals surface area contributed by atoms with Crippen molar-refractivity contribution < 1.29 is 13.9 Å². The second kappa shape index (κ2) is 10.1. The fourth-order valence-electron chi connectivity index (χ4n) is 2.79. The lowest BCUT2D eigenvalue weighted by Crippen LogP contribution is -2.37. The smallest absolute Gasteiger partial charge is 0.226 e. The minimum Gasteiger partial charge on any atom is -0.444 e. The van der Waals surface area contributed by atoms with Crippen molar-refractivity contribution >= 4 is 5.96 Å². The van der Waals surface area contributed by atoms with Gasteiger partial charge in [-0.2, -0.15) is 0 Å². The zero-order valence-electron chi connectivity index (χ0n) is 16.0. The minimum absolute atomic E-state index is 0.261. The number of nitrogens with zero attached hydrogens (tertiary/aromatic N) is 2. The van der Waals surface area contributed by atoms with Crippen molar-refractivity contribution in [3.63, 3.8) is 0 Å². The number of nitrogens with one attached hydrogen (secondary N) is 2. The standard InChI is InChI=1S/C20H28N4O3/c1-15-4-6-16(7-5-15)19-24-17(13-27-19)12-23-20(21-2)22-9-3-10-26-18-8-11-25-14-18/h4-7,13,18H,3,8-12,14H2,1-2H3,(H2,21,22,23). The highest BCUT2D eigenvalue weighted by molar-refractivity contribution is 5.79. The van der Waals surface area contributed by atoms with Crippen molar-refractivity contribution in [3.05, 3.63) is 41.8 Å². The lowest BCUT2D eigenvalue weighted by molar-refractivity contribution is 0.0420. The van der Waals surface area contributed by atoms with Gasteiger partial charge < -0.3 is 24.5 Å². The number of hydrogen-bond acceptors (Lipinski definition) is 5. The Morgan fingerprint density at radius 3 is 2.89 bits per heavy atom. The van der Waals surface area contributed by atoms with Gasteiger partial charge in [0.15, 0.2) is 5.96 Å². The normalized spacial score (nSPS) is 17.3. The molecular weight excluding hydrogens is 344 g/mol. The zero-order valence-corrected chi connectivity index (χ0v) is 16.0. The van der Waals surface area contributed by atoms with Crippen molar-refractivity contribution in [3.8, 4) is 11.5 Å². The molecule has 1 aromatic carbocycles. The van der Waals surface area contributed by atoms with Crippen LogP contribution in [0.4, 0.5) is 0 Å². The lowest BCUT2D eigenvalue weighted by Gasteiger charge is -2.12. The molecule has 0 aliphatic carbocycles. The molecular formula is C20H28N4O3. The van der Waals surface area contributed by atoms with Gasteiger partial charge in [0.2, 0.25) is 5.89 Å². The highest BCUT2D eigenvalue weighted by Crippen LogP contribution is 2.18. The van der Waals surface area contributed by atoms with E-state index >= 15 is 0 Å². The van der Waals surface area contributed by atoms with Gasteiger partial charge in [0.1, 0.15) is 6.26 Å². The maximum Gasteiger partial charge on any atom is 0.226 e. The van der Waals surface area contributed by atoms with E-state index in [1.54, 1.807) is 13.3 Å². The Morgan fingerprint density at radius 1 is 1.30 bits per heavy atom. The Kier molecular flexibility index (Phi) is 7.24. The van der Waals surface area contributed by atoms with Crippen LogP contribution in [0.15, 0.2) is 39.9 Å². The molecule has 2 N–H and O–H groups in total. The van der Waals surface area contributed by atoms with Gasteiger partial charge in [0.25, 0.3) is 0 Å². The monoisotopic (exact) mass is 372 g/mol. The number of aryl methyl sites for hydroxylation is 1. The summed E-state index contributed by atoms with van der Waals surface area (Å²) in [5.74, 6) is 1.36. The molecule has 3 rings (SSSR count). The molecule has 27 heavy (non-hydrogen) atoms. The molecule has 1 saturated heterocycles. The molecule has 2 heterocycles. The van der Waals surface area contributed by atoms with Crippen LogP contribution in [0.1, 0.15) is 24.1 Å². The second-order valence-electron chi connectivity index (χ2n) is 6.57. The third-order valence-corrected chi connectivity index (χ3v) is 4.37. The Hall–Kier alpha value is -2.38. The van der Waals surface area contributed by atoms with Crippen LogP contribution in [0.5, 0.6) is 0 Å². The van der Waals surface area contributed by atoms with E-state index in [0.29, 0.717) is 12.4 Å². The van der Waals surface area contributed by atoms with Crippen LogP contribution in [-0.4, -0.2) is 50.5 Å². The number of hydrogen-bond donors (Lipinski definition) is 2. The molecule has 146 valence electrons. The van der Waals surface area contributed by atoms with Crippen LogP contribution >= 0.6 is 0 Å². The average molecular weight is 372 g/mol. The molecule has 0 radical (unpaired) electrons. The van der Waals surface area contributed by atoms with E-state index in [-0.39, 0.29) is 6.10 Å². The molecule has 2 aromatic rings. The van der Waals surface area contributed by atoms with Crippen LogP contribution in [0, 0.1) is 6.92 Å². The van der Waals surface area contributed by atoms with Crippen molar-refractivity contribution in [2.75, 3.05) is 33.4 Å². The third kappa shape index (κ3) is 6.08. The van der Waals surface area contributed by atoms with Gasteiger partial charge in [0, 0.05) is 32.4 Å². The van der Waals surface area contributed by atoms with Crippen molar-refractivity contribution in [1.82, 2.24) is 15.6 Å². The van der Waals surface area contributed by atoms with Gasteiger partial charge in [-0.05, 0) is 31.9 Å². The highest BCUT2D eigenvalue weighted by Gasteiger charge is 2.15. The number of aromatic nitrogens is 1. The zero-order chi connectivity index (χ0) is 18.9. The van der Waals surface area contributed by atoms with Crippen LogP contribution in [0.25, 0.3) is 11.5 Å². The summed E-state index contributed by atoms with van der Waals surface area (Å²) >= 11 is 0. The second-order valence-corrected chi connectivity index (χ2v) is 6.57. The fraction of sp³-hybridized carbons (Fsp3) is 0.500. The Balaban J connectivity index is 1.37. The molecule has 7 heteroatoms. The summed E-state index contributed by atoms with van der Waals surface area (Å²) in [5.41, 5.74) is 3.02. The molecule has 0 bridgehead atoms. The van der Waals surface area contributed by atoms with E-state index in [4.69, 9.17) is 13.9 Å². The van der Waals surface area contributed by atoms with E-state index in [9.17, 15) is 0 Å². The van der Waals surface area contributed by atoms with Gasteiger partial charge in [-0.1, -0.05) is 17.7 Å². The summed E-state index contributed by atoms with van der Waals surface area (Å²) < 4.78 is 16.6. The summed E-state index contributed by atoms with van der Waals surface area (Å²) in [5, 5.41) is 6.53. The molecule has 1 atom stereocenters. The Labute approximate surface area is 160 Å². The van der Waals surface area contributed by atoms with Crippen LogP contribution in [0.2, 0.25) is 0 Å². The van der Waals surface area contributed by atoms with Gasteiger partial charge >= 0.3 is 0 Å². The maximum atomic E-state index is 5.75. The summed E-state index contributed by atoms with van der Waals surface area (Å²) in [6, 6.07) is 8.12. The number of aliphatic imine (C=N–C) groups is 1. The molecule has 1 aliphatic rings. The first kappa shape index (κ1) is 19.4. The van der Waals surface area contributed by atoms with E-state index in [1.165, 1.54) is 5.56 Å². The quantitative estimate of drug-likeness (QED) is 0.421. The van der Waals surface area contributed by atoms with E-state index < -0.39 is 0 Å². The highest BCUT2D eigenvalue weighted by atomic mass is 16.5. The van der Waals surface area contributed by atoms with Gasteiger partial charge in [0.05, 0.1) is 24.9 Å².